The SMILES string of the molecule is NCC1CCN(c2ccc3c(c2)Cn2cc(-c4ccc(F)cc4)cc2-c2ncnn2-3)C1. The number of anilines is 1. The summed E-state index contributed by atoms with van der Waals surface area (Å²) in [6.07, 6.45) is 4.85. The van der Waals surface area contributed by atoms with Gasteiger partial charge in [0.1, 0.15) is 12.1 Å². The lowest BCUT2D eigenvalue weighted by Gasteiger charge is -2.20. The molecule has 2 aliphatic heterocycles. The van der Waals surface area contributed by atoms with E-state index >= 15 is 0 Å². The van der Waals surface area contributed by atoms with Crippen LogP contribution in [0, 0.1) is 11.7 Å². The third-order valence-electron chi connectivity index (χ3n) is 6.47. The van der Waals surface area contributed by atoms with Gasteiger partial charge in [-0.1, -0.05) is 12.1 Å². The minimum Gasteiger partial charge on any atom is -0.371 e. The fourth-order valence-electron chi connectivity index (χ4n) is 4.77. The molecule has 1 saturated heterocycles. The van der Waals surface area contributed by atoms with Gasteiger partial charge < -0.3 is 15.2 Å². The third-order valence-corrected chi connectivity index (χ3v) is 6.47. The summed E-state index contributed by atoms with van der Waals surface area (Å²) in [5.41, 5.74) is 12.4. The van der Waals surface area contributed by atoms with Crippen LogP contribution in [0.2, 0.25) is 0 Å². The van der Waals surface area contributed by atoms with Gasteiger partial charge in [-0.25, -0.2) is 14.1 Å². The van der Waals surface area contributed by atoms with E-state index in [0.29, 0.717) is 5.92 Å². The molecular formula is C24H23FN6. The number of aromatic nitrogens is 4. The smallest absolute Gasteiger partial charge is 0.179 e. The van der Waals surface area contributed by atoms with Gasteiger partial charge >= 0.3 is 0 Å². The Morgan fingerprint density at radius 1 is 1.06 bits per heavy atom. The molecule has 4 aromatic rings. The first kappa shape index (κ1) is 18.3. The van der Waals surface area contributed by atoms with Gasteiger partial charge in [0.15, 0.2) is 5.82 Å². The summed E-state index contributed by atoms with van der Waals surface area (Å²) < 4.78 is 17.5. The highest BCUT2D eigenvalue weighted by Gasteiger charge is 2.25. The minimum atomic E-state index is -0.232. The molecule has 156 valence electrons. The van der Waals surface area contributed by atoms with Crippen LogP contribution in [-0.4, -0.2) is 39.0 Å². The highest BCUT2D eigenvalue weighted by Crippen LogP contribution is 2.35. The van der Waals surface area contributed by atoms with Crippen molar-refractivity contribution in [3.8, 4) is 28.3 Å². The lowest BCUT2D eigenvalue weighted by atomic mass is 10.1. The van der Waals surface area contributed by atoms with E-state index in [1.165, 1.54) is 23.4 Å². The Morgan fingerprint density at radius 2 is 1.94 bits per heavy atom. The first-order valence-electron chi connectivity index (χ1n) is 10.6. The summed E-state index contributed by atoms with van der Waals surface area (Å²) in [5.74, 6) is 1.14. The van der Waals surface area contributed by atoms with E-state index in [1.54, 1.807) is 6.33 Å². The molecule has 0 amide bonds. The van der Waals surface area contributed by atoms with Gasteiger partial charge in [0.2, 0.25) is 0 Å². The van der Waals surface area contributed by atoms with Crippen molar-refractivity contribution < 1.29 is 4.39 Å². The molecule has 2 aliphatic rings. The number of hydrogen-bond acceptors (Lipinski definition) is 4. The molecule has 6 rings (SSSR count). The zero-order chi connectivity index (χ0) is 20.9. The average molecular weight is 414 g/mol. The highest BCUT2D eigenvalue weighted by atomic mass is 19.1. The number of nitrogens with zero attached hydrogens (tertiary/aromatic N) is 5. The topological polar surface area (TPSA) is 64.9 Å². The molecule has 2 N–H and O–H groups in total. The number of benzene rings is 2. The fourth-order valence-corrected chi connectivity index (χ4v) is 4.77. The van der Waals surface area contributed by atoms with Crippen LogP contribution < -0.4 is 10.6 Å². The Labute approximate surface area is 179 Å². The van der Waals surface area contributed by atoms with E-state index in [4.69, 9.17) is 5.73 Å². The Morgan fingerprint density at radius 3 is 2.74 bits per heavy atom. The molecule has 2 aromatic heterocycles. The Balaban J connectivity index is 1.43. The molecule has 7 heteroatoms. The fraction of sp³-hybridized carbons (Fsp3) is 0.250. The maximum absolute atomic E-state index is 13.4. The van der Waals surface area contributed by atoms with Crippen LogP contribution in [0.4, 0.5) is 10.1 Å². The van der Waals surface area contributed by atoms with Crippen molar-refractivity contribution in [2.75, 3.05) is 24.5 Å². The minimum absolute atomic E-state index is 0.232. The predicted octanol–water partition coefficient (Wildman–Crippen LogP) is 3.69. The van der Waals surface area contributed by atoms with E-state index < -0.39 is 0 Å². The van der Waals surface area contributed by atoms with E-state index in [-0.39, 0.29) is 5.82 Å². The number of halogens is 1. The second-order valence-corrected chi connectivity index (χ2v) is 8.39. The average Bonchev–Trinajstić information content (AvgIpc) is 3.52. The summed E-state index contributed by atoms with van der Waals surface area (Å²) >= 11 is 0. The maximum atomic E-state index is 13.4. The summed E-state index contributed by atoms with van der Waals surface area (Å²) in [4.78, 5) is 6.97. The maximum Gasteiger partial charge on any atom is 0.179 e. The van der Waals surface area contributed by atoms with Crippen molar-refractivity contribution in [3.63, 3.8) is 0 Å². The Bertz CT molecular complexity index is 1260. The predicted molar refractivity (Wildman–Crippen MR) is 119 cm³/mol. The molecular weight excluding hydrogens is 391 g/mol. The number of hydrogen-bond donors (Lipinski definition) is 1. The second kappa shape index (κ2) is 7.06. The van der Waals surface area contributed by atoms with Crippen LogP contribution in [-0.2, 0) is 6.54 Å². The third kappa shape index (κ3) is 3.04. The van der Waals surface area contributed by atoms with Crippen molar-refractivity contribution in [3.05, 3.63) is 72.4 Å². The van der Waals surface area contributed by atoms with Gasteiger partial charge in [0.25, 0.3) is 0 Å². The van der Waals surface area contributed by atoms with Gasteiger partial charge in [0, 0.05) is 37.1 Å². The number of rotatable bonds is 3. The molecule has 0 bridgehead atoms. The summed E-state index contributed by atoms with van der Waals surface area (Å²) in [6, 6.07) is 15.3. The molecule has 0 aliphatic carbocycles. The van der Waals surface area contributed by atoms with E-state index in [9.17, 15) is 4.39 Å². The largest absolute Gasteiger partial charge is 0.371 e. The van der Waals surface area contributed by atoms with Crippen molar-refractivity contribution in [1.29, 1.82) is 0 Å². The van der Waals surface area contributed by atoms with Crippen LogP contribution in [0.25, 0.3) is 28.3 Å². The molecule has 6 nitrogen and oxygen atoms in total. The molecule has 1 atom stereocenters. The summed E-state index contributed by atoms with van der Waals surface area (Å²) in [5, 5.41) is 4.52. The molecule has 1 unspecified atom stereocenters. The van der Waals surface area contributed by atoms with Gasteiger partial charge in [0.05, 0.1) is 11.4 Å². The number of nitrogens with two attached hydrogens (primary N) is 1. The standard InChI is InChI=1S/C24H23FN6/c25-20-3-1-17(2-4-20)18-10-23-24-27-15-28-31(24)22-6-5-21(9-19(22)14-30(23)13-18)29-8-7-16(11-26)12-29/h1-6,9-10,13,15-16H,7-8,11-12,14,26H2. The quantitative estimate of drug-likeness (QED) is 0.489. The van der Waals surface area contributed by atoms with E-state index in [2.05, 4.69) is 50.0 Å². The van der Waals surface area contributed by atoms with E-state index in [1.807, 2.05) is 16.8 Å². The van der Waals surface area contributed by atoms with E-state index in [0.717, 1.165) is 60.9 Å². The zero-order valence-corrected chi connectivity index (χ0v) is 17.1. The first-order valence-corrected chi connectivity index (χ1v) is 10.6. The zero-order valence-electron chi connectivity index (χ0n) is 17.1. The second-order valence-electron chi connectivity index (χ2n) is 8.39. The van der Waals surface area contributed by atoms with Crippen LogP contribution in [0.5, 0.6) is 0 Å². The van der Waals surface area contributed by atoms with Crippen LogP contribution in [0.15, 0.2) is 61.1 Å². The van der Waals surface area contributed by atoms with Crippen molar-refractivity contribution in [2.45, 2.75) is 13.0 Å². The summed E-state index contributed by atoms with van der Waals surface area (Å²) in [6.45, 7) is 3.51. The molecule has 0 spiro atoms. The molecule has 31 heavy (non-hydrogen) atoms. The normalized spacial score (nSPS) is 17.2. The van der Waals surface area contributed by atoms with Gasteiger partial charge in [-0.3, -0.25) is 0 Å². The Hall–Kier alpha value is -3.45. The summed E-state index contributed by atoms with van der Waals surface area (Å²) in [7, 11) is 0. The van der Waals surface area contributed by atoms with Crippen molar-refractivity contribution >= 4 is 5.69 Å². The molecule has 4 heterocycles. The first-order chi connectivity index (χ1) is 15.2. The monoisotopic (exact) mass is 414 g/mol. The number of fused-ring (bicyclic) bond motifs is 5. The van der Waals surface area contributed by atoms with Gasteiger partial charge in [-0.15, -0.1) is 0 Å². The molecule has 2 aromatic carbocycles. The van der Waals surface area contributed by atoms with Gasteiger partial charge in [-0.2, -0.15) is 5.10 Å². The lowest BCUT2D eigenvalue weighted by Crippen LogP contribution is -2.22. The van der Waals surface area contributed by atoms with Crippen molar-refractivity contribution in [2.24, 2.45) is 11.7 Å². The lowest BCUT2D eigenvalue weighted by molar-refractivity contribution is 0.602. The Kier molecular flexibility index (Phi) is 4.17. The molecule has 0 saturated carbocycles. The van der Waals surface area contributed by atoms with Crippen LogP contribution >= 0.6 is 0 Å². The van der Waals surface area contributed by atoms with Crippen LogP contribution in [0.3, 0.4) is 0 Å². The van der Waals surface area contributed by atoms with Crippen molar-refractivity contribution in [1.82, 2.24) is 19.3 Å². The van der Waals surface area contributed by atoms with Gasteiger partial charge in [-0.05, 0) is 66.4 Å². The molecule has 0 radical (unpaired) electrons. The van der Waals surface area contributed by atoms with Crippen LogP contribution in [0.1, 0.15) is 12.0 Å². The molecule has 1 fully saturated rings. The highest BCUT2D eigenvalue weighted by molar-refractivity contribution is 5.71.